The molecule has 30 heavy (non-hydrogen) atoms. The van der Waals surface area contributed by atoms with Gasteiger partial charge in [-0.05, 0) is 41.5 Å². The summed E-state index contributed by atoms with van der Waals surface area (Å²) < 4.78 is 16.9. The molecule has 0 saturated carbocycles. The second-order valence-electron chi connectivity index (χ2n) is 6.90. The lowest BCUT2D eigenvalue weighted by molar-refractivity contribution is -0.116. The van der Waals surface area contributed by atoms with Crippen LogP contribution in [0.25, 0.3) is 11.6 Å². The number of carbonyl (C=O) groups excluding carboxylic acids is 1. The van der Waals surface area contributed by atoms with Gasteiger partial charge in [0.2, 0.25) is 0 Å². The highest BCUT2D eigenvalue weighted by Crippen LogP contribution is 2.30. The Morgan fingerprint density at radius 1 is 1.00 bits per heavy atom. The van der Waals surface area contributed by atoms with Crippen molar-refractivity contribution in [1.29, 1.82) is 0 Å². The Hall–Kier alpha value is -3.73. The van der Waals surface area contributed by atoms with E-state index in [2.05, 4.69) is 5.32 Å². The Kier molecular flexibility index (Phi) is 5.99. The topological polar surface area (TPSA) is 56.8 Å². The van der Waals surface area contributed by atoms with Gasteiger partial charge in [-0.1, -0.05) is 54.6 Å². The van der Waals surface area contributed by atoms with Gasteiger partial charge in [0.25, 0.3) is 5.91 Å². The summed E-state index contributed by atoms with van der Waals surface area (Å²) >= 11 is 0. The molecule has 4 rings (SSSR count). The Labute approximate surface area is 175 Å². The van der Waals surface area contributed by atoms with E-state index in [0.717, 1.165) is 22.6 Å². The van der Waals surface area contributed by atoms with Crippen molar-refractivity contribution in [3.8, 4) is 17.2 Å². The van der Waals surface area contributed by atoms with Crippen LogP contribution in [0, 0.1) is 0 Å². The molecule has 0 aliphatic carbocycles. The first-order valence-electron chi connectivity index (χ1n) is 9.81. The van der Waals surface area contributed by atoms with Crippen molar-refractivity contribution in [3.63, 3.8) is 0 Å². The highest BCUT2D eigenvalue weighted by molar-refractivity contribution is 6.24. The molecule has 0 aromatic heterocycles. The van der Waals surface area contributed by atoms with Crippen LogP contribution in [0.2, 0.25) is 0 Å². The van der Waals surface area contributed by atoms with Gasteiger partial charge in [-0.25, -0.2) is 0 Å². The Morgan fingerprint density at radius 3 is 2.43 bits per heavy atom. The fraction of sp³-hybridized carbons (Fsp3) is 0.160. The smallest absolute Gasteiger partial charge is 0.252 e. The molecule has 1 amide bonds. The van der Waals surface area contributed by atoms with Crippen LogP contribution in [0.4, 0.5) is 0 Å². The molecule has 0 unspecified atom stereocenters. The molecule has 0 spiro atoms. The van der Waals surface area contributed by atoms with E-state index in [4.69, 9.17) is 14.2 Å². The average molecular weight is 401 g/mol. The summed E-state index contributed by atoms with van der Waals surface area (Å²) in [6.07, 6.45) is 1.62. The van der Waals surface area contributed by atoms with Crippen LogP contribution in [0.1, 0.15) is 11.1 Å². The minimum Gasteiger partial charge on any atom is -0.497 e. The molecule has 1 aliphatic heterocycles. The number of carbonyl (C=O) groups is 1. The quantitative estimate of drug-likeness (QED) is 0.497. The molecular formula is C25H23NO4. The van der Waals surface area contributed by atoms with Crippen molar-refractivity contribution in [2.24, 2.45) is 0 Å². The van der Waals surface area contributed by atoms with Crippen LogP contribution in [0.3, 0.4) is 0 Å². The van der Waals surface area contributed by atoms with E-state index in [1.54, 1.807) is 7.11 Å². The van der Waals surface area contributed by atoms with Crippen LogP contribution >= 0.6 is 0 Å². The lowest BCUT2D eigenvalue weighted by Crippen LogP contribution is -2.41. The van der Waals surface area contributed by atoms with Gasteiger partial charge in [-0.3, -0.25) is 4.79 Å². The second-order valence-corrected chi connectivity index (χ2v) is 6.90. The summed E-state index contributed by atoms with van der Waals surface area (Å²) in [6.45, 7) is 0.736. The summed E-state index contributed by atoms with van der Waals surface area (Å²) in [7, 11) is 1.63. The molecule has 3 aromatic rings. The molecule has 1 heterocycles. The Morgan fingerprint density at radius 2 is 1.70 bits per heavy atom. The number of ether oxygens (including phenoxy) is 3. The molecular weight excluding hydrogens is 378 g/mol. The Balaban J connectivity index is 1.49. The largest absolute Gasteiger partial charge is 0.497 e. The molecule has 1 aliphatic rings. The molecule has 0 fully saturated rings. The standard InChI is InChI=1S/C25H23NO4/c1-28-20-13-11-18(12-14-20)15-22(19-7-3-2-4-8-19)25(27)26-16-21-17-29-23-9-5-6-10-24(23)30-21/h2-15,21H,16-17H2,1H3,(H,26,27)/b22-15+/t21-/m0/s1. The first-order chi connectivity index (χ1) is 14.7. The van der Waals surface area contributed by atoms with E-state index in [1.807, 2.05) is 84.9 Å². The summed E-state index contributed by atoms with van der Waals surface area (Å²) in [5, 5.41) is 2.99. The molecule has 5 heteroatoms. The van der Waals surface area contributed by atoms with Crippen molar-refractivity contribution in [2.75, 3.05) is 20.3 Å². The zero-order valence-corrected chi connectivity index (χ0v) is 16.7. The third-order valence-corrected chi connectivity index (χ3v) is 4.81. The van der Waals surface area contributed by atoms with Crippen molar-refractivity contribution in [2.45, 2.75) is 6.10 Å². The van der Waals surface area contributed by atoms with E-state index in [0.29, 0.717) is 24.5 Å². The van der Waals surface area contributed by atoms with E-state index in [-0.39, 0.29) is 12.0 Å². The van der Waals surface area contributed by atoms with E-state index < -0.39 is 0 Å². The maximum Gasteiger partial charge on any atom is 0.252 e. The van der Waals surface area contributed by atoms with Gasteiger partial charge in [0.1, 0.15) is 18.5 Å². The maximum atomic E-state index is 13.1. The van der Waals surface area contributed by atoms with Crippen LogP contribution < -0.4 is 19.5 Å². The molecule has 5 nitrogen and oxygen atoms in total. The Bertz CT molecular complexity index is 1030. The lowest BCUT2D eigenvalue weighted by atomic mass is 10.0. The lowest BCUT2D eigenvalue weighted by Gasteiger charge is -2.26. The van der Waals surface area contributed by atoms with Crippen molar-refractivity contribution >= 4 is 17.6 Å². The molecule has 152 valence electrons. The molecule has 0 radical (unpaired) electrons. The van der Waals surface area contributed by atoms with Crippen LogP contribution in [0.5, 0.6) is 17.2 Å². The number of fused-ring (bicyclic) bond motifs is 1. The minimum absolute atomic E-state index is 0.167. The molecule has 0 bridgehead atoms. The number of methoxy groups -OCH3 is 1. The first kappa shape index (κ1) is 19.6. The third kappa shape index (κ3) is 4.63. The number of amides is 1. The van der Waals surface area contributed by atoms with Gasteiger partial charge in [0.05, 0.1) is 13.7 Å². The molecule has 1 atom stereocenters. The summed E-state index contributed by atoms with van der Waals surface area (Å²) in [6, 6.07) is 24.7. The zero-order valence-electron chi connectivity index (χ0n) is 16.7. The van der Waals surface area contributed by atoms with E-state index >= 15 is 0 Å². The number of hydrogen-bond acceptors (Lipinski definition) is 4. The normalized spacial score (nSPS) is 15.4. The van der Waals surface area contributed by atoms with Gasteiger partial charge >= 0.3 is 0 Å². The van der Waals surface area contributed by atoms with Gasteiger partial charge in [-0.15, -0.1) is 0 Å². The van der Waals surface area contributed by atoms with Crippen molar-refractivity contribution in [1.82, 2.24) is 5.32 Å². The summed E-state index contributed by atoms with van der Waals surface area (Å²) in [4.78, 5) is 13.1. The van der Waals surface area contributed by atoms with Crippen LogP contribution in [-0.4, -0.2) is 32.3 Å². The van der Waals surface area contributed by atoms with Crippen molar-refractivity contribution < 1.29 is 19.0 Å². The summed E-state index contributed by atoms with van der Waals surface area (Å²) in [5.41, 5.74) is 2.34. The number of rotatable bonds is 6. The number of hydrogen-bond donors (Lipinski definition) is 1. The number of nitrogens with one attached hydrogen (secondary N) is 1. The van der Waals surface area contributed by atoms with Gasteiger partial charge in [-0.2, -0.15) is 0 Å². The number of benzene rings is 3. The minimum atomic E-state index is -0.248. The van der Waals surface area contributed by atoms with E-state index in [9.17, 15) is 4.79 Å². The van der Waals surface area contributed by atoms with Crippen LogP contribution in [0.15, 0.2) is 78.9 Å². The van der Waals surface area contributed by atoms with Gasteiger partial charge < -0.3 is 19.5 Å². The number of para-hydroxylation sites is 2. The van der Waals surface area contributed by atoms with Crippen molar-refractivity contribution in [3.05, 3.63) is 90.0 Å². The molecule has 3 aromatic carbocycles. The predicted molar refractivity (Wildman–Crippen MR) is 117 cm³/mol. The van der Waals surface area contributed by atoms with Gasteiger partial charge in [0.15, 0.2) is 11.5 Å². The fourth-order valence-corrected chi connectivity index (χ4v) is 3.23. The van der Waals surface area contributed by atoms with Gasteiger partial charge in [0, 0.05) is 5.57 Å². The average Bonchev–Trinajstić information content (AvgIpc) is 2.82. The highest BCUT2D eigenvalue weighted by Gasteiger charge is 2.22. The third-order valence-electron chi connectivity index (χ3n) is 4.81. The summed E-state index contributed by atoms with van der Waals surface area (Å²) in [5.74, 6) is 2.02. The zero-order chi connectivity index (χ0) is 20.8. The maximum absolute atomic E-state index is 13.1. The predicted octanol–water partition coefficient (Wildman–Crippen LogP) is 4.19. The molecule has 1 N–H and O–H groups in total. The SMILES string of the molecule is COc1ccc(/C=C(/C(=O)NC[C@H]2COc3ccccc3O2)c2ccccc2)cc1. The van der Waals surface area contributed by atoms with Crippen LogP contribution in [-0.2, 0) is 4.79 Å². The fourth-order valence-electron chi connectivity index (χ4n) is 3.23. The van der Waals surface area contributed by atoms with E-state index in [1.165, 1.54) is 0 Å². The molecule has 0 saturated heterocycles. The monoisotopic (exact) mass is 401 g/mol. The highest BCUT2D eigenvalue weighted by atomic mass is 16.6. The second kappa shape index (κ2) is 9.18. The first-order valence-corrected chi connectivity index (χ1v) is 9.81.